The number of aromatic nitrogens is 3. The van der Waals surface area contributed by atoms with Crippen molar-refractivity contribution in [1.82, 2.24) is 15.0 Å². The molecule has 0 saturated carbocycles. The molecular weight excluding hydrogens is 723 g/mol. The zero-order chi connectivity index (χ0) is 34.8. The topological polar surface area (TPSA) is 86.5 Å². The number of esters is 1. The number of aliphatic hydroxyl groups excluding tert-OH is 1. The Morgan fingerprint density at radius 1 is 0.980 bits per heavy atom. The van der Waals surface area contributed by atoms with Crippen molar-refractivity contribution in [3.8, 4) is 5.75 Å². The molecule has 3 aromatic carbocycles. The number of nitrogens with zero attached hydrogens (tertiary/aromatic N) is 3. The number of aliphatic hydroxyl groups is 1. The van der Waals surface area contributed by atoms with Gasteiger partial charge in [-0.3, -0.25) is 4.79 Å². The average molecular weight is 775 g/mol. The first-order chi connectivity index (χ1) is 23.2. The summed E-state index contributed by atoms with van der Waals surface area (Å²) in [6.45, 7) is 10.9. The second kappa shape index (κ2) is 22.6. The quantitative estimate of drug-likeness (QED) is 0.0444. The Hall–Kier alpha value is -3.06. The zero-order valence-corrected chi connectivity index (χ0v) is 31.8. The average Bonchev–Trinajstić information content (AvgIpc) is 3.57. The number of halogens is 1. The fourth-order valence-corrected chi connectivity index (χ4v) is 5.24. The molecule has 266 valence electrons. The van der Waals surface area contributed by atoms with Crippen molar-refractivity contribution in [3.63, 3.8) is 0 Å². The van der Waals surface area contributed by atoms with Crippen LogP contribution in [0.1, 0.15) is 80.7 Å². The summed E-state index contributed by atoms with van der Waals surface area (Å²) in [7, 11) is 4.57. The molecule has 49 heavy (non-hydrogen) atoms. The number of benzene rings is 3. The van der Waals surface area contributed by atoms with Crippen LogP contribution in [0.4, 0.5) is 0 Å². The summed E-state index contributed by atoms with van der Waals surface area (Å²) in [5.74, 6) is 0.984. The van der Waals surface area contributed by atoms with Crippen LogP contribution in [0.3, 0.4) is 0 Å². The SMILES string of the molecule is [CH2-]C(c1ccccc1)C([CH-]CCCc1ccc(OCCCc2cn(CC(O)COC(=O)C(C)(C)CC)nn2)cc1)c1ccccc1.[CH3-].[Cl][Ru+3]. The molecule has 9 heteroatoms. The van der Waals surface area contributed by atoms with E-state index in [2.05, 4.69) is 106 Å². The van der Waals surface area contributed by atoms with Gasteiger partial charge in [-0.05, 0) is 57.2 Å². The monoisotopic (exact) mass is 775 g/mol. The predicted molar refractivity (Wildman–Crippen MR) is 195 cm³/mol. The van der Waals surface area contributed by atoms with Crippen molar-refractivity contribution >= 4 is 15.7 Å². The fourth-order valence-electron chi connectivity index (χ4n) is 5.24. The number of ether oxygens (including phenoxy) is 2. The Morgan fingerprint density at radius 2 is 1.61 bits per heavy atom. The third-order valence-electron chi connectivity index (χ3n) is 8.53. The van der Waals surface area contributed by atoms with Gasteiger partial charge in [0.25, 0.3) is 0 Å². The molecule has 1 aromatic heterocycles. The third kappa shape index (κ3) is 14.4. The van der Waals surface area contributed by atoms with Gasteiger partial charge in [0, 0.05) is 6.20 Å². The van der Waals surface area contributed by atoms with E-state index >= 15 is 0 Å². The molecule has 0 bridgehead atoms. The summed E-state index contributed by atoms with van der Waals surface area (Å²) < 4.78 is 12.8. The molecule has 3 atom stereocenters. The Balaban J connectivity index is 0.00000273. The Morgan fingerprint density at radius 3 is 2.24 bits per heavy atom. The van der Waals surface area contributed by atoms with Crippen LogP contribution in [0.15, 0.2) is 91.1 Å². The van der Waals surface area contributed by atoms with E-state index in [0.717, 1.165) is 37.1 Å². The number of hydrogen-bond acceptors (Lipinski definition) is 6. The van der Waals surface area contributed by atoms with Crippen LogP contribution in [0, 0.1) is 26.2 Å². The maximum atomic E-state index is 12.1. The summed E-state index contributed by atoms with van der Waals surface area (Å²) in [4.78, 5) is 12.1. The van der Waals surface area contributed by atoms with E-state index in [1.807, 2.05) is 56.4 Å². The molecular formula is C40H52ClN3O4Ru. The van der Waals surface area contributed by atoms with Crippen LogP contribution in [0.5, 0.6) is 5.75 Å². The number of hydrogen-bond donors (Lipinski definition) is 1. The fraction of sp³-hybridized carbons (Fsp3) is 0.400. The Kier molecular flexibility index (Phi) is 19.4. The van der Waals surface area contributed by atoms with E-state index in [9.17, 15) is 9.90 Å². The molecule has 1 N–H and O–H groups in total. The second-order valence-corrected chi connectivity index (χ2v) is 12.6. The number of carbonyl (C=O) groups is 1. The molecule has 3 unspecified atom stereocenters. The third-order valence-corrected chi connectivity index (χ3v) is 8.53. The number of aryl methyl sites for hydroxylation is 2. The Labute approximate surface area is 308 Å². The van der Waals surface area contributed by atoms with E-state index in [1.165, 1.54) is 16.7 Å². The van der Waals surface area contributed by atoms with Gasteiger partial charge in [-0.15, -0.1) is 5.10 Å². The molecule has 0 aliphatic carbocycles. The first-order valence-electron chi connectivity index (χ1n) is 16.6. The minimum atomic E-state index is -0.845. The van der Waals surface area contributed by atoms with Crippen molar-refractivity contribution in [2.24, 2.45) is 5.41 Å². The van der Waals surface area contributed by atoms with Crippen LogP contribution in [0.2, 0.25) is 0 Å². The molecule has 4 aromatic rings. The molecule has 4 rings (SSSR count). The van der Waals surface area contributed by atoms with E-state index in [-0.39, 0.29) is 38.4 Å². The molecule has 0 aliphatic rings. The van der Waals surface area contributed by atoms with E-state index in [1.54, 1.807) is 4.68 Å². The summed E-state index contributed by atoms with van der Waals surface area (Å²) in [5.41, 5.74) is 4.14. The summed E-state index contributed by atoms with van der Waals surface area (Å²) in [6, 6.07) is 29.6. The Bertz CT molecular complexity index is 1450. The molecule has 7 nitrogen and oxygen atoms in total. The molecule has 0 saturated heterocycles. The number of unbranched alkanes of at least 4 members (excludes halogenated alkanes) is 1. The van der Waals surface area contributed by atoms with Gasteiger partial charge in [0.2, 0.25) is 0 Å². The summed E-state index contributed by atoms with van der Waals surface area (Å²) >= 11 is 1.82. The van der Waals surface area contributed by atoms with Crippen molar-refractivity contribution in [2.45, 2.75) is 83.8 Å². The van der Waals surface area contributed by atoms with Crippen molar-refractivity contribution in [3.05, 3.63) is 134 Å². The first-order valence-corrected chi connectivity index (χ1v) is 18.8. The van der Waals surface area contributed by atoms with Crippen molar-refractivity contribution < 1.29 is 36.7 Å². The van der Waals surface area contributed by atoms with Gasteiger partial charge in [-0.25, -0.2) is 4.68 Å². The van der Waals surface area contributed by atoms with Gasteiger partial charge in [-0.1, -0.05) is 102 Å². The van der Waals surface area contributed by atoms with Gasteiger partial charge in [0.05, 0.1) is 24.3 Å². The van der Waals surface area contributed by atoms with E-state index in [4.69, 9.17) is 9.47 Å². The van der Waals surface area contributed by atoms with Crippen molar-refractivity contribution in [2.75, 3.05) is 13.2 Å². The van der Waals surface area contributed by atoms with Gasteiger partial charge in [0.15, 0.2) is 0 Å². The van der Waals surface area contributed by atoms with Crippen LogP contribution in [-0.4, -0.2) is 45.4 Å². The van der Waals surface area contributed by atoms with Crippen molar-refractivity contribution in [1.29, 1.82) is 0 Å². The zero-order valence-electron chi connectivity index (χ0n) is 29.3. The van der Waals surface area contributed by atoms with Crippen LogP contribution < -0.4 is 4.74 Å². The number of rotatable bonds is 19. The van der Waals surface area contributed by atoms with Gasteiger partial charge in [-0.2, -0.15) is 18.3 Å². The first kappa shape index (κ1) is 42.1. The van der Waals surface area contributed by atoms with E-state index < -0.39 is 11.5 Å². The molecule has 0 fully saturated rings. The van der Waals surface area contributed by atoms with Gasteiger partial charge < -0.3 is 35.4 Å². The summed E-state index contributed by atoms with van der Waals surface area (Å²) in [6.07, 6.45) is 8.69. The van der Waals surface area contributed by atoms with Gasteiger partial charge in [0.1, 0.15) is 18.5 Å². The second-order valence-electron chi connectivity index (χ2n) is 12.6. The summed E-state index contributed by atoms with van der Waals surface area (Å²) in [5, 5.41) is 18.5. The van der Waals surface area contributed by atoms with Gasteiger partial charge >= 0.3 is 33.0 Å². The van der Waals surface area contributed by atoms with Crippen LogP contribution in [-0.2, 0) is 46.2 Å². The molecule has 0 radical (unpaired) electrons. The normalized spacial score (nSPS) is 12.9. The molecule has 1 heterocycles. The standard InChI is InChI=1S/C39H49N3O4.CH3.ClH.Ru/c1-5-39(3,4)38(44)46-29-35(43)28-42-27-34(40-41-42)20-14-26-45-36-24-22-31(23-25-36)15-12-13-21-37(33-18-10-7-11-19-33)30(2)32-16-8-6-9-17-32;;;/h6-11,16-19,21-25,27,30,35,37,43H,2,5,12-15,20,26,28-29H2,1,3-4H3;1H3;1H;/q-2;-1;;+4/p-1. The molecule has 0 amide bonds. The van der Waals surface area contributed by atoms with Crippen LogP contribution >= 0.6 is 9.69 Å². The number of carbonyl (C=O) groups excluding carboxylic acids is 1. The minimum absolute atomic E-state index is 0. The van der Waals surface area contributed by atoms with Crippen LogP contribution in [0.25, 0.3) is 0 Å². The molecule has 0 aliphatic heterocycles. The predicted octanol–water partition coefficient (Wildman–Crippen LogP) is 8.70. The van der Waals surface area contributed by atoms with E-state index in [0.29, 0.717) is 19.4 Å². The molecule has 0 spiro atoms. The maximum absolute atomic E-state index is 12.1.